The number of carbonyl (C=O) groups is 2. The number of amides is 1. The van der Waals surface area contributed by atoms with Gasteiger partial charge in [0, 0.05) is 22.6 Å². The SMILES string of the molecule is CCc1nnc(SCC(=O)Nc2ccc(Cl)cc2C(=O)c2ccccc2)o1. The van der Waals surface area contributed by atoms with E-state index in [4.69, 9.17) is 16.0 Å². The average Bonchev–Trinajstić information content (AvgIpc) is 3.16. The number of aromatic nitrogens is 2. The molecule has 1 aromatic heterocycles. The first kappa shape index (κ1) is 19.1. The number of rotatable bonds is 7. The van der Waals surface area contributed by atoms with Crippen molar-refractivity contribution >= 4 is 40.7 Å². The van der Waals surface area contributed by atoms with Gasteiger partial charge in [0.05, 0.1) is 11.4 Å². The topological polar surface area (TPSA) is 85.1 Å². The van der Waals surface area contributed by atoms with Crippen molar-refractivity contribution in [2.24, 2.45) is 0 Å². The van der Waals surface area contributed by atoms with Crippen molar-refractivity contribution in [3.8, 4) is 0 Å². The number of hydrogen-bond donors (Lipinski definition) is 1. The molecule has 3 aromatic rings. The van der Waals surface area contributed by atoms with Crippen LogP contribution in [0.2, 0.25) is 5.02 Å². The number of carbonyl (C=O) groups excluding carboxylic acids is 2. The van der Waals surface area contributed by atoms with Crippen LogP contribution in [0.4, 0.5) is 5.69 Å². The molecule has 0 bridgehead atoms. The molecule has 3 rings (SSSR count). The lowest BCUT2D eigenvalue weighted by Crippen LogP contribution is -2.17. The molecule has 0 spiro atoms. The molecule has 1 heterocycles. The van der Waals surface area contributed by atoms with Crippen molar-refractivity contribution in [2.75, 3.05) is 11.1 Å². The summed E-state index contributed by atoms with van der Waals surface area (Å²) in [7, 11) is 0. The van der Waals surface area contributed by atoms with Gasteiger partial charge in [0.15, 0.2) is 5.78 Å². The van der Waals surface area contributed by atoms with Gasteiger partial charge >= 0.3 is 0 Å². The van der Waals surface area contributed by atoms with Crippen LogP contribution in [0.3, 0.4) is 0 Å². The van der Waals surface area contributed by atoms with Gasteiger partial charge in [0.25, 0.3) is 5.22 Å². The number of nitrogens with zero attached hydrogens (tertiary/aromatic N) is 2. The third-order valence-electron chi connectivity index (χ3n) is 3.61. The molecular weight excluding hydrogens is 386 g/mol. The van der Waals surface area contributed by atoms with E-state index in [1.54, 1.807) is 42.5 Å². The zero-order chi connectivity index (χ0) is 19.2. The predicted molar refractivity (Wildman–Crippen MR) is 104 cm³/mol. The highest BCUT2D eigenvalue weighted by Crippen LogP contribution is 2.24. The highest BCUT2D eigenvalue weighted by Gasteiger charge is 2.17. The molecule has 8 heteroatoms. The number of thioether (sulfide) groups is 1. The number of aryl methyl sites for hydroxylation is 1. The van der Waals surface area contributed by atoms with Crippen molar-refractivity contribution < 1.29 is 14.0 Å². The number of anilines is 1. The van der Waals surface area contributed by atoms with Crippen molar-refractivity contribution in [2.45, 2.75) is 18.6 Å². The van der Waals surface area contributed by atoms with Crippen LogP contribution in [-0.2, 0) is 11.2 Å². The summed E-state index contributed by atoms with van der Waals surface area (Å²) in [5, 5.41) is 11.2. The largest absolute Gasteiger partial charge is 0.416 e. The summed E-state index contributed by atoms with van der Waals surface area (Å²) in [5.41, 5.74) is 1.25. The third kappa shape index (κ3) is 4.96. The molecule has 1 N–H and O–H groups in total. The van der Waals surface area contributed by atoms with E-state index in [-0.39, 0.29) is 17.4 Å². The molecule has 2 aromatic carbocycles. The van der Waals surface area contributed by atoms with Gasteiger partial charge in [-0.05, 0) is 18.2 Å². The molecule has 0 fully saturated rings. The molecule has 0 aliphatic heterocycles. The summed E-state index contributed by atoms with van der Waals surface area (Å²) in [4.78, 5) is 25.1. The molecule has 1 amide bonds. The van der Waals surface area contributed by atoms with Gasteiger partial charge in [0.2, 0.25) is 11.8 Å². The maximum atomic E-state index is 12.8. The predicted octanol–water partition coefficient (Wildman–Crippen LogP) is 4.25. The summed E-state index contributed by atoms with van der Waals surface area (Å²) < 4.78 is 5.36. The molecule has 0 saturated heterocycles. The first-order valence-electron chi connectivity index (χ1n) is 8.21. The Hall–Kier alpha value is -2.64. The maximum Gasteiger partial charge on any atom is 0.277 e. The Bertz CT molecular complexity index is 960. The molecule has 0 radical (unpaired) electrons. The maximum absolute atomic E-state index is 12.8. The fraction of sp³-hybridized carbons (Fsp3) is 0.158. The van der Waals surface area contributed by atoms with Crippen LogP contribution in [-0.4, -0.2) is 27.6 Å². The highest BCUT2D eigenvalue weighted by molar-refractivity contribution is 7.99. The monoisotopic (exact) mass is 401 g/mol. The fourth-order valence-corrected chi connectivity index (χ4v) is 3.06. The van der Waals surface area contributed by atoms with Gasteiger partial charge in [-0.2, -0.15) is 0 Å². The number of benzene rings is 2. The van der Waals surface area contributed by atoms with Gasteiger partial charge in [-0.25, -0.2) is 0 Å². The molecule has 0 saturated carbocycles. The smallest absolute Gasteiger partial charge is 0.277 e. The molecule has 6 nitrogen and oxygen atoms in total. The van der Waals surface area contributed by atoms with Gasteiger partial charge in [-0.15, -0.1) is 10.2 Å². The van der Waals surface area contributed by atoms with Crippen molar-refractivity contribution in [3.63, 3.8) is 0 Å². The van der Waals surface area contributed by atoms with Crippen LogP contribution < -0.4 is 5.32 Å². The molecule has 0 unspecified atom stereocenters. The van der Waals surface area contributed by atoms with Crippen LogP contribution in [0, 0.1) is 0 Å². The Morgan fingerprint density at radius 2 is 1.93 bits per heavy atom. The lowest BCUT2D eigenvalue weighted by atomic mass is 10.0. The Labute approximate surface area is 165 Å². The first-order valence-corrected chi connectivity index (χ1v) is 9.57. The van der Waals surface area contributed by atoms with Crippen molar-refractivity contribution in [1.82, 2.24) is 10.2 Å². The Morgan fingerprint density at radius 1 is 1.15 bits per heavy atom. The zero-order valence-corrected chi connectivity index (χ0v) is 16.0. The van der Waals surface area contributed by atoms with Crippen molar-refractivity contribution in [3.05, 3.63) is 70.6 Å². The number of nitrogens with one attached hydrogen (secondary N) is 1. The molecule has 0 atom stereocenters. The van der Waals surface area contributed by atoms with Gasteiger partial charge in [0.1, 0.15) is 0 Å². The van der Waals surface area contributed by atoms with Crippen LogP contribution in [0.25, 0.3) is 0 Å². The Morgan fingerprint density at radius 3 is 2.63 bits per heavy atom. The second-order valence-corrected chi connectivity index (χ2v) is 6.90. The second kappa shape index (κ2) is 8.83. The minimum Gasteiger partial charge on any atom is -0.416 e. The summed E-state index contributed by atoms with van der Waals surface area (Å²) in [5.74, 6) is 0.0880. The van der Waals surface area contributed by atoms with Crippen LogP contribution in [0.1, 0.15) is 28.7 Å². The fourth-order valence-electron chi connectivity index (χ4n) is 2.31. The average molecular weight is 402 g/mol. The standard InChI is InChI=1S/C19H16ClN3O3S/c1-2-17-22-23-19(26-17)27-11-16(24)21-15-9-8-13(20)10-14(15)18(25)12-6-4-3-5-7-12/h3-10H,2,11H2,1H3,(H,21,24). The van der Waals surface area contributed by atoms with Crippen LogP contribution in [0.5, 0.6) is 0 Å². The molecule has 0 aliphatic rings. The van der Waals surface area contributed by atoms with E-state index < -0.39 is 0 Å². The third-order valence-corrected chi connectivity index (χ3v) is 4.67. The quantitative estimate of drug-likeness (QED) is 0.470. The first-order chi connectivity index (χ1) is 13.1. The van der Waals surface area contributed by atoms with Gasteiger partial charge in [-0.1, -0.05) is 60.6 Å². The van der Waals surface area contributed by atoms with E-state index in [0.717, 1.165) is 11.8 Å². The number of halogens is 1. The van der Waals surface area contributed by atoms with Gasteiger partial charge in [-0.3, -0.25) is 9.59 Å². The number of ketones is 1. The number of hydrogen-bond acceptors (Lipinski definition) is 6. The minimum absolute atomic E-state index is 0.0763. The van der Waals surface area contributed by atoms with E-state index >= 15 is 0 Å². The Kier molecular flexibility index (Phi) is 6.26. The molecule has 138 valence electrons. The zero-order valence-electron chi connectivity index (χ0n) is 14.4. The summed E-state index contributed by atoms with van der Waals surface area (Å²) in [6, 6.07) is 13.6. The molecular formula is C19H16ClN3O3S. The van der Waals surface area contributed by atoms with Crippen LogP contribution in [0.15, 0.2) is 58.2 Å². The summed E-state index contributed by atoms with van der Waals surface area (Å²) in [6.07, 6.45) is 0.634. The second-order valence-electron chi connectivity index (χ2n) is 5.54. The van der Waals surface area contributed by atoms with E-state index in [9.17, 15) is 9.59 Å². The highest BCUT2D eigenvalue weighted by atomic mass is 35.5. The van der Waals surface area contributed by atoms with Gasteiger partial charge < -0.3 is 9.73 Å². The molecule has 0 aliphatic carbocycles. The lowest BCUT2D eigenvalue weighted by molar-refractivity contribution is -0.113. The van der Waals surface area contributed by atoms with E-state index in [1.807, 2.05) is 13.0 Å². The lowest BCUT2D eigenvalue weighted by Gasteiger charge is -2.11. The minimum atomic E-state index is -0.291. The Balaban J connectivity index is 1.72. The van der Waals surface area contributed by atoms with E-state index in [0.29, 0.717) is 39.4 Å². The van der Waals surface area contributed by atoms with E-state index in [2.05, 4.69) is 15.5 Å². The normalized spacial score (nSPS) is 10.6. The summed E-state index contributed by atoms with van der Waals surface area (Å²) >= 11 is 7.18. The van der Waals surface area contributed by atoms with E-state index in [1.165, 1.54) is 0 Å². The van der Waals surface area contributed by atoms with Crippen LogP contribution >= 0.6 is 23.4 Å². The summed E-state index contributed by atoms with van der Waals surface area (Å²) in [6.45, 7) is 1.90. The molecule has 27 heavy (non-hydrogen) atoms. The van der Waals surface area contributed by atoms with Crippen molar-refractivity contribution in [1.29, 1.82) is 0 Å².